The molecule has 0 bridgehead atoms. The second kappa shape index (κ2) is 15.6. The molecular formula is C30H41ClN4O5S. The van der Waals surface area contributed by atoms with Gasteiger partial charge in [-0.2, -0.15) is 0 Å². The fraction of sp³-hybridized carbons (Fsp3) is 0.500. The molecule has 1 heterocycles. The summed E-state index contributed by atoms with van der Waals surface area (Å²) in [6, 6.07) is 13.9. The molecule has 0 radical (unpaired) electrons. The number of hydrogen-bond acceptors (Lipinski definition) is 8. The van der Waals surface area contributed by atoms with E-state index in [-0.39, 0.29) is 37.3 Å². The Morgan fingerprint density at radius 3 is 2.29 bits per heavy atom. The van der Waals surface area contributed by atoms with Crippen LogP contribution in [0.15, 0.2) is 48.5 Å². The Labute approximate surface area is 251 Å². The first kappa shape index (κ1) is 32.9. The largest absolute Gasteiger partial charge is 0.465 e. The summed E-state index contributed by atoms with van der Waals surface area (Å²) in [6.45, 7) is 9.27. The first-order valence-electron chi connectivity index (χ1n) is 13.9. The van der Waals surface area contributed by atoms with Crippen LogP contribution >= 0.6 is 23.4 Å². The highest BCUT2D eigenvalue weighted by Crippen LogP contribution is 2.29. The van der Waals surface area contributed by atoms with Crippen molar-refractivity contribution in [2.24, 2.45) is 5.73 Å². The quantitative estimate of drug-likeness (QED) is 0.335. The standard InChI is InChI=1S/C30H41ClN4O5S/c1-4-40-29(39)27(32)30(2,3)41-21-26(37)35(19-20-36)25-11-7-23(8-12-25)28(38)34-17-15-33(16-18-34)14-13-22-5-9-24(31)10-6-22/h5-12,27,36H,4,13-21,32H2,1-3H3. The number of anilines is 1. The first-order valence-corrected chi connectivity index (χ1v) is 15.3. The molecule has 0 saturated carbocycles. The minimum Gasteiger partial charge on any atom is -0.465 e. The smallest absolute Gasteiger partial charge is 0.324 e. The molecule has 3 rings (SSSR count). The van der Waals surface area contributed by atoms with Gasteiger partial charge in [-0.3, -0.25) is 19.3 Å². The number of hydrogen-bond donors (Lipinski definition) is 2. The van der Waals surface area contributed by atoms with Crippen LogP contribution in [0.5, 0.6) is 0 Å². The highest BCUT2D eigenvalue weighted by atomic mass is 35.5. The van der Waals surface area contributed by atoms with Crippen LogP contribution in [0.4, 0.5) is 5.69 Å². The van der Waals surface area contributed by atoms with Crippen molar-refractivity contribution in [3.8, 4) is 0 Å². The van der Waals surface area contributed by atoms with Gasteiger partial charge in [0.05, 0.1) is 19.0 Å². The molecule has 2 amide bonds. The van der Waals surface area contributed by atoms with Gasteiger partial charge in [0, 0.05) is 60.3 Å². The number of aliphatic hydroxyl groups is 1. The van der Waals surface area contributed by atoms with Crippen molar-refractivity contribution >= 4 is 46.8 Å². The number of carbonyl (C=O) groups excluding carboxylic acids is 3. The first-order chi connectivity index (χ1) is 19.6. The van der Waals surface area contributed by atoms with E-state index in [9.17, 15) is 19.5 Å². The lowest BCUT2D eigenvalue weighted by molar-refractivity contribution is -0.145. The normalized spacial score (nSPS) is 14.9. The summed E-state index contributed by atoms with van der Waals surface area (Å²) in [4.78, 5) is 44.0. The van der Waals surface area contributed by atoms with Crippen LogP contribution in [-0.4, -0.2) is 102 Å². The van der Waals surface area contributed by atoms with E-state index in [0.717, 1.165) is 31.1 Å². The lowest BCUT2D eigenvalue weighted by Crippen LogP contribution is -2.49. The molecule has 1 aliphatic heterocycles. The van der Waals surface area contributed by atoms with Gasteiger partial charge in [-0.05, 0) is 69.2 Å². The monoisotopic (exact) mass is 604 g/mol. The Kier molecular flexibility index (Phi) is 12.5. The summed E-state index contributed by atoms with van der Waals surface area (Å²) in [7, 11) is 0. The average molecular weight is 605 g/mol. The molecule has 1 saturated heterocycles. The van der Waals surface area contributed by atoms with Crippen molar-refractivity contribution in [2.45, 2.75) is 38.0 Å². The number of benzene rings is 2. The van der Waals surface area contributed by atoms with E-state index >= 15 is 0 Å². The highest BCUT2D eigenvalue weighted by molar-refractivity contribution is 8.01. The van der Waals surface area contributed by atoms with E-state index < -0.39 is 16.8 Å². The predicted molar refractivity (Wildman–Crippen MR) is 165 cm³/mol. The maximum absolute atomic E-state index is 13.2. The van der Waals surface area contributed by atoms with Gasteiger partial charge in [0.2, 0.25) is 5.91 Å². The van der Waals surface area contributed by atoms with E-state index in [2.05, 4.69) is 4.90 Å². The van der Waals surface area contributed by atoms with E-state index in [1.807, 2.05) is 29.2 Å². The zero-order valence-electron chi connectivity index (χ0n) is 24.1. The van der Waals surface area contributed by atoms with Crippen LogP contribution in [0.1, 0.15) is 36.7 Å². The molecule has 1 fully saturated rings. The number of nitrogens with two attached hydrogens (primary N) is 1. The number of nitrogens with zero attached hydrogens (tertiary/aromatic N) is 3. The van der Waals surface area contributed by atoms with Crippen molar-refractivity contribution < 1.29 is 24.2 Å². The number of carbonyl (C=O) groups is 3. The number of halogens is 1. The third kappa shape index (κ3) is 9.44. The maximum Gasteiger partial charge on any atom is 0.324 e. The summed E-state index contributed by atoms with van der Waals surface area (Å²) >= 11 is 7.23. The Morgan fingerprint density at radius 2 is 1.71 bits per heavy atom. The summed E-state index contributed by atoms with van der Waals surface area (Å²) in [5.41, 5.74) is 8.44. The van der Waals surface area contributed by atoms with Crippen LogP contribution in [0, 0.1) is 0 Å². The minimum atomic E-state index is -0.887. The molecule has 0 spiro atoms. The van der Waals surface area contributed by atoms with E-state index in [4.69, 9.17) is 22.1 Å². The van der Waals surface area contributed by atoms with Crippen molar-refractivity contribution in [1.82, 2.24) is 9.80 Å². The van der Waals surface area contributed by atoms with Gasteiger partial charge >= 0.3 is 5.97 Å². The van der Waals surface area contributed by atoms with Gasteiger partial charge in [-0.25, -0.2) is 0 Å². The SMILES string of the molecule is CCOC(=O)C(N)C(C)(C)SCC(=O)N(CCO)c1ccc(C(=O)N2CCN(CCc3ccc(Cl)cc3)CC2)cc1. The summed E-state index contributed by atoms with van der Waals surface area (Å²) < 4.78 is 4.29. The summed E-state index contributed by atoms with van der Waals surface area (Å²) in [5, 5.41) is 10.3. The van der Waals surface area contributed by atoms with Gasteiger partial charge in [0.25, 0.3) is 5.91 Å². The van der Waals surface area contributed by atoms with Crippen LogP contribution in [0.2, 0.25) is 5.02 Å². The molecule has 2 aromatic carbocycles. The number of ether oxygens (including phenoxy) is 1. The van der Waals surface area contributed by atoms with Crippen molar-refractivity contribution in [2.75, 3.05) is 63.1 Å². The number of aliphatic hydroxyl groups excluding tert-OH is 1. The molecule has 1 unspecified atom stereocenters. The fourth-order valence-electron chi connectivity index (χ4n) is 4.51. The molecule has 9 nitrogen and oxygen atoms in total. The van der Waals surface area contributed by atoms with Gasteiger partial charge in [0.15, 0.2) is 0 Å². The van der Waals surface area contributed by atoms with Crippen molar-refractivity contribution in [3.63, 3.8) is 0 Å². The lowest BCUT2D eigenvalue weighted by atomic mass is 10.1. The number of amides is 2. The fourth-order valence-corrected chi connectivity index (χ4v) is 5.56. The molecule has 0 aromatic heterocycles. The van der Waals surface area contributed by atoms with E-state index in [1.54, 1.807) is 45.0 Å². The minimum absolute atomic E-state index is 0.0424. The van der Waals surface area contributed by atoms with E-state index in [0.29, 0.717) is 24.3 Å². The molecular weight excluding hydrogens is 564 g/mol. The van der Waals surface area contributed by atoms with Gasteiger partial charge < -0.3 is 25.4 Å². The Bertz CT molecular complexity index is 1150. The second-order valence-corrected chi connectivity index (χ2v) is 12.5. The zero-order valence-corrected chi connectivity index (χ0v) is 25.6. The lowest BCUT2D eigenvalue weighted by Gasteiger charge is -2.35. The number of rotatable bonds is 13. The van der Waals surface area contributed by atoms with Crippen LogP contribution in [0.3, 0.4) is 0 Å². The second-order valence-electron chi connectivity index (χ2n) is 10.4. The molecule has 1 aliphatic rings. The summed E-state index contributed by atoms with van der Waals surface area (Å²) in [6.07, 6.45) is 0.934. The van der Waals surface area contributed by atoms with Gasteiger partial charge in [-0.15, -0.1) is 11.8 Å². The van der Waals surface area contributed by atoms with E-state index in [1.165, 1.54) is 22.2 Å². The van der Waals surface area contributed by atoms with Crippen LogP contribution in [-0.2, 0) is 20.7 Å². The topological polar surface area (TPSA) is 116 Å². The average Bonchev–Trinajstić information content (AvgIpc) is 2.98. The predicted octanol–water partition coefficient (Wildman–Crippen LogP) is 3.07. The Morgan fingerprint density at radius 1 is 1.07 bits per heavy atom. The van der Waals surface area contributed by atoms with Crippen molar-refractivity contribution in [3.05, 3.63) is 64.7 Å². The third-order valence-electron chi connectivity index (χ3n) is 7.20. The van der Waals surface area contributed by atoms with Gasteiger partial charge in [-0.1, -0.05) is 23.7 Å². The number of thioether (sulfide) groups is 1. The maximum atomic E-state index is 13.2. The molecule has 3 N–H and O–H groups in total. The van der Waals surface area contributed by atoms with Crippen LogP contribution in [0.25, 0.3) is 0 Å². The number of piperazine rings is 1. The molecule has 41 heavy (non-hydrogen) atoms. The Balaban J connectivity index is 1.53. The summed E-state index contributed by atoms with van der Waals surface area (Å²) in [5.74, 6) is -0.728. The number of esters is 1. The Hall–Kier alpha value is -2.63. The molecule has 0 aliphatic carbocycles. The molecule has 2 aromatic rings. The van der Waals surface area contributed by atoms with Crippen LogP contribution < -0.4 is 10.6 Å². The van der Waals surface area contributed by atoms with Gasteiger partial charge in [0.1, 0.15) is 6.04 Å². The molecule has 11 heteroatoms. The van der Waals surface area contributed by atoms with Crippen molar-refractivity contribution in [1.29, 1.82) is 0 Å². The highest BCUT2D eigenvalue weighted by Gasteiger charge is 2.35. The molecule has 224 valence electrons. The third-order valence-corrected chi connectivity index (χ3v) is 8.84. The zero-order chi connectivity index (χ0) is 30.0. The molecule has 1 atom stereocenters.